The van der Waals surface area contributed by atoms with Crippen LogP contribution in [0.25, 0.3) is 0 Å². The van der Waals surface area contributed by atoms with E-state index < -0.39 is 0 Å². The van der Waals surface area contributed by atoms with Gasteiger partial charge < -0.3 is 0 Å². The van der Waals surface area contributed by atoms with Crippen LogP contribution in [0.1, 0.15) is 57.9 Å². The van der Waals surface area contributed by atoms with E-state index in [1.165, 1.54) is 68.6 Å². The molecular weight excluding hydrogens is 301 g/mol. The van der Waals surface area contributed by atoms with Gasteiger partial charge in [-0.2, -0.15) is 0 Å². The van der Waals surface area contributed by atoms with Gasteiger partial charge in [-0.15, -0.1) is 0 Å². The SMILES string of the molecule is [Li][C]1(c2ccc(N(CCCC)CCCC)cc2)CCCSS1. The molecule has 22 heavy (non-hydrogen) atoms. The molecule has 1 atom stereocenters. The molecule has 4 heteroatoms. The van der Waals surface area contributed by atoms with E-state index in [1.807, 2.05) is 10.8 Å². The first-order valence-electron chi connectivity index (χ1n) is 8.85. The molecule has 0 spiro atoms. The van der Waals surface area contributed by atoms with Crippen LogP contribution in [0.4, 0.5) is 5.69 Å². The molecule has 1 aliphatic rings. The van der Waals surface area contributed by atoms with Crippen molar-refractivity contribution in [1.82, 2.24) is 0 Å². The zero-order chi connectivity index (χ0) is 15.8. The van der Waals surface area contributed by atoms with Crippen LogP contribution >= 0.6 is 21.6 Å². The molecule has 0 aromatic heterocycles. The maximum absolute atomic E-state index is 2.57. The molecule has 1 aromatic rings. The van der Waals surface area contributed by atoms with Crippen molar-refractivity contribution in [3.05, 3.63) is 29.8 Å². The fourth-order valence-corrected chi connectivity index (χ4v) is 5.96. The van der Waals surface area contributed by atoms with Gasteiger partial charge in [0.1, 0.15) is 0 Å². The molecule has 1 fully saturated rings. The molecule has 118 valence electrons. The fourth-order valence-electron chi connectivity index (χ4n) is 2.97. The molecule has 1 saturated heterocycles. The summed E-state index contributed by atoms with van der Waals surface area (Å²) in [7, 11) is 4.10. The van der Waals surface area contributed by atoms with Gasteiger partial charge in [-0.05, 0) is 0 Å². The number of nitrogens with zero attached hydrogens (tertiary/aromatic N) is 1. The number of rotatable bonds is 8. The van der Waals surface area contributed by atoms with Gasteiger partial charge in [-0.1, -0.05) is 0 Å². The second-order valence-electron chi connectivity index (χ2n) is 6.48. The Labute approximate surface area is 154 Å². The maximum atomic E-state index is 2.57. The average Bonchev–Trinajstić information content (AvgIpc) is 2.56. The summed E-state index contributed by atoms with van der Waals surface area (Å²) in [5.74, 6) is 1.31. The van der Waals surface area contributed by atoms with Gasteiger partial charge in [0.15, 0.2) is 0 Å². The van der Waals surface area contributed by atoms with E-state index in [9.17, 15) is 0 Å². The monoisotopic (exact) mass is 329 g/mol. The number of hydrogen-bond acceptors (Lipinski definition) is 3. The number of anilines is 1. The van der Waals surface area contributed by atoms with E-state index in [-0.39, 0.29) is 0 Å². The van der Waals surface area contributed by atoms with Crippen LogP contribution in [-0.4, -0.2) is 36.6 Å². The Hall–Kier alpha value is 0.317. The number of hydrogen-bond donors (Lipinski definition) is 0. The molecule has 0 N–H and O–H groups in total. The first-order valence-corrected chi connectivity index (χ1v) is 11.2. The third kappa shape index (κ3) is 5.16. The number of unbranched alkanes of at least 4 members (excludes halogenated alkanes) is 2. The zero-order valence-corrected chi connectivity index (χ0v) is 16.1. The summed E-state index contributed by atoms with van der Waals surface area (Å²) in [5.41, 5.74) is 2.90. The van der Waals surface area contributed by atoms with Gasteiger partial charge in [-0.25, -0.2) is 0 Å². The van der Waals surface area contributed by atoms with Gasteiger partial charge in [0, 0.05) is 0 Å². The van der Waals surface area contributed by atoms with E-state index in [4.69, 9.17) is 0 Å². The topological polar surface area (TPSA) is 3.24 Å². The zero-order valence-electron chi connectivity index (χ0n) is 14.4. The molecule has 1 heterocycles. The fraction of sp³-hybridized carbons (Fsp3) is 0.667. The average molecular weight is 330 g/mol. The standard InChI is InChI=1S/C18H28NS2.Li/c1-3-5-13-19(14-6-4-2)17-11-9-16(10-12-17)18-8-7-15-20-21-18;/h9-12H,3-8,13-15H2,1-2H3;. The van der Waals surface area contributed by atoms with Crippen molar-refractivity contribution in [3.63, 3.8) is 0 Å². The first kappa shape index (κ1) is 18.7. The summed E-state index contributed by atoms with van der Waals surface area (Å²) in [6, 6.07) is 9.45. The first-order chi connectivity index (χ1) is 10.7. The molecule has 1 unspecified atom stereocenters. The van der Waals surface area contributed by atoms with Crippen molar-refractivity contribution < 1.29 is 0 Å². The Bertz CT molecular complexity index is 421. The molecule has 0 radical (unpaired) electrons. The van der Waals surface area contributed by atoms with Gasteiger partial charge in [-0.3, -0.25) is 0 Å². The molecule has 1 nitrogen and oxygen atoms in total. The molecule has 2 rings (SSSR count). The summed E-state index contributed by atoms with van der Waals surface area (Å²) in [6.45, 7) is 6.94. The summed E-state index contributed by atoms with van der Waals surface area (Å²) in [6.07, 6.45) is 7.76. The number of benzene rings is 1. The van der Waals surface area contributed by atoms with Crippen LogP contribution in [0, 0.1) is 0 Å². The third-order valence-corrected chi connectivity index (χ3v) is 7.87. The van der Waals surface area contributed by atoms with E-state index in [1.54, 1.807) is 0 Å². The van der Waals surface area contributed by atoms with Crippen LogP contribution in [0.3, 0.4) is 0 Å². The van der Waals surface area contributed by atoms with E-state index in [0.717, 1.165) is 0 Å². The minimum atomic E-state index is 0.305. The van der Waals surface area contributed by atoms with Crippen LogP contribution in [-0.2, 0) is 3.42 Å². The second-order valence-corrected chi connectivity index (χ2v) is 9.40. The summed E-state index contributed by atoms with van der Waals surface area (Å²) in [5, 5.41) is 0. The van der Waals surface area contributed by atoms with Crippen molar-refractivity contribution in [2.24, 2.45) is 0 Å². The quantitative estimate of drug-likeness (QED) is 0.452. The van der Waals surface area contributed by atoms with Gasteiger partial charge >= 0.3 is 154 Å². The Morgan fingerprint density at radius 2 is 1.73 bits per heavy atom. The minimum absolute atomic E-state index is 0.305. The molecule has 0 saturated carbocycles. The normalized spacial score (nSPS) is 21.8. The van der Waals surface area contributed by atoms with E-state index in [0.29, 0.717) is 3.42 Å². The Balaban J connectivity index is 2.07. The van der Waals surface area contributed by atoms with Crippen molar-refractivity contribution >= 4 is 45.0 Å². The van der Waals surface area contributed by atoms with Crippen LogP contribution in [0.15, 0.2) is 24.3 Å². The second kappa shape index (κ2) is 9.57. The molecule has 0 amide bonds. The van der Waals surface area contributed by atoms with Crippen molar-refractivity contribution in [2.75, 3.05) is 23.7 Å². The van der Waals surface area contributed by atoms with Gasteiger partial charge in [0.2, 0.25) is 0 Å². The summed E-state index contributed by atoms with van der Waals surface area (Å²) >= 11 is 2.41. The predicted octanol–water partition coefficient (Wildman–Crippen LogP) is 5.59. The molecule has 1 aromatic carbocycles. The summed E-state index contributed by atoms with van der Waals surface area (Å²) in [4.78, 5) is 2.57. The Morgan fingerprint density at radius 1 is 1.09 bits per heavy atom. The van der Waals surface area contributed by atoms with Gasteiger partial charge in [0.05, 0.1) is 0 Å². The van der Waals surface area contributed by atoms with Crippen LogP contribution < -0.4 is 4.90 Å². The van der Waals surface area contributed by atoms with Crippen LogP contribution in [0.5, 0.6) is 0 Å². The third-order valence-electron chi connectivity index (χ3n) is 4.53. The summed E-state index contributed by atoms with van der Waals surface area (Å²) < 4.78 is 0.305. The van der Waals surface area contributed by atoms with E-state index in [2.05, 4.69) is 71.5 Å². The predicted molar refractivity (Wildman–Crippen MR) is 105 cm³/mol. The Kier molecular flexibility index (Phi) is 8.12. The molecule has 0 bridgehead atoms. The van der Waals surface area contributed by atoms with Crippen molar-refractivity contribution in [1.29, 1.82) is 0 Å². The van der Waals surface area contributed by atoms with Crippen molar-refractivity contribution in [2.45, 2.75) is 55.8 Å². The van der Waals surface area contributed by atoms with Gasteiger partial charge in [0.25, 0.3) is 0 Å². The van der Waals surface area contributed by atoms with E-state index >= 15 is 0 Å². The molecule has 0 aliphatic carbocycles. The molecule has 1 aliphatic heterocycles. The van der Waals surface area contributed by atoms with Crippen LogP contribution in [0.2, 0.25) is 0 Å². The molecular formula is C18H28LiNS2. The Morgan fingerprint density at radius 3 is 2.23 bits per heavy atom. The van der Waals surface area contributed by atoms with Crippen molar-refractivity contribution in [3.8, 4) is 0 Å².